The number of alkyl halides is 1. The first-order valence-corrected chi connectivity index (χ1v) is 6.05. The Morgan fingerprint density at radius 2 is 2.29 bits per heavy atom. The van der Waals surface area contributed by atoms with Crippen molar-refractivity contribution in [3.8, 4) is 0 Å². The molecule has 1 aliphatic heterocycles. The Bertz CT molecular complexity index is 208. The number of halogens is 1. The van der Waals surface area contributed by atoms with Gasteiger partial charge in [0, 0.05) is 6.54 Å². The number of likely N-dealkylation sites (tertiary alicyclic amines) is 1. The van der Waals surface area contributed by atoms with Gasteiger partial charge in [0.1, 0.15) is 0 Å². The lowest BCUT2D eigenvalue weighted by Gasteiger charge is -2.26. The molecule has 1 aliphatic rings. The third-order valence-electron chi connectivity index (χ3n) is 2.69. The molecule has 1 saturated heterocycles. The van der Waals surface area contributed by atoms with E-state index in [9.17, 15) is 4.79 Å². The molecule has 0 radical (unpaired) electrons. The van der Waals surface area contributed by atoms with E-state index in [0.717, 1.165) is 19.4 Å². The highest BCUT2D eigenvalue weighted by atomic mass is 79.9. The zero-order valence-corrected chi connectivity index (χ0v) is 10.3. The quantitative estimate of drug-likeness (QED) is 0.782. The number of aliphatic hydroxyl groups is 1. The number of carbonyl (C=O) groups excluding carboxylic acids is 1. The van der Waals surface area contributed by atoms with Gasteiger partial charge in [0.25, 0.3) is 0 Å². The van der Waals surface area contributed by atoms with Gasteiger partial charge in [-0.2, -0.15) is 0 Å². The number of hydrogen-bond acceptors (Lipinski definition) is 2. The van der Waals surface area contributed by atoms with Gasteiger partial charge in [0.2, 0.25) is 5.91 Å². The van der Waals surface area contributed by atoms with E-state index >= 15 is 0 Å². The molecule has 0 aromatic carbocycles. The van der Waals surface area contributed by atoms with E-state index in [4.69, 9.17) is 5.11 Å². The van der Waals surface area contributed by atoms with Crippen LogP contribution in [0.25, 0.3) is 0 Å². The largest absolute Gasteiger partial charge is 0.394 e. The molecule has 0 aromatic rings. The molecule has 0 saturated carbocycles. The molecule has 14 heavy (non-hydrogen) atoms. The first kappa shape index (κ1) is 12.0. The second-order valence-electron chi connectivity index (χ2n) is 4.16. The number of nitrogens with zero attached hydrogens (tertiary/aromatic N) is 1. The molecule has 4 heteroatoms. The van der Waals surface area contributed by atoms with Gasteiger partial charge in [-0.05, 0) is 18.8 Å². The molecule has 3 nitrogen and oxygen atoms in total. The van der Waals surface area contributed by atoms with Crippen LogP contribution >= 0.6 is 15.9 Å². The fourth-order valence-electron chi connectivity index (χ4n) is 1.76. The second-order valence-corrected chi connectivity index (χ2v) is 5.14. The molecular weight excluding hydrogens is 246 g/mol. The Kier molecular flexibility index (Phi) is 4.38. The van der Waals surface area contributed by atoms with Crippen LogP contribution < -0.4 is 0 Å². The number of carbonyl (C=O) groups is 1. The minimum atomic E-state index is -0.116. The lowest BCUT2D eigenvalue weighted by Crippen LogP contribution is -2.43. The molecule has 1 fully saturated rings. The summed E-state index contributed by atoms with van der Waals surface area (Å²) in [5.74, 6) is 0.416. The summed E-state index contributed by atoms with van der Waals surface area (Å²) in [5.41, 5.74) is 0. The maximum Gasteiger partial charge on any atom is 0.236 e. The minimum absolute atomic E-state index is 0.0429. The van der Waals surface area contributed by atoms with Crippen LogP contribution in [0, 0.1) is 5.92 Å². The van der Waals surface area contributed by atoms with E-state index in [1.807, 2.05) is 13.8 Å². The van der Waals surface area contributed by atoms with E-state index in [2.05, 4.69) is 15.9 Å². The Labute approximate surface area is 93.6 Å². The summed E-state index contributed by atoms with van der Waals surface area (Å²) in [6, 6.07) is 0.0429. The number of amides is 1. The number of aliphatic hydroxyl groups excluding tert-OH is 1. The van der Waals surface area contributed by atoms with Gasteiger partial charge in [-0.25, -0.2) is 0 Å². The fraction of sp³-hybridized carbons (Fsp3) is 0.900. The van der Waals surface area contributed by atoms with Gasteiger partial charge in [0.05, 0.1) is 17.5 Å². The molecule has 1 heterocycles. The van der Waals surface area contributed by atoms with Crippen molar-refractivity contribution in [2.75, 3.05) is 13.2 Å². The van der Waals surface area contributed by atoms with Gasteiger partial charge in [-0.3, -0.25) is 4.79 Å². The third kappa shape index (κ3) is 2.48. The molecule has 2 atom stereocenters. The van der Waals surface area contributed by atoms with Crippen molar-refractivity contribution in [1.29, 1.82) is 0 Å². The molecule has 0 aromatic heterocycles. The van der Waals surface area contributed by atoms with Crippen LogP contribution in [-0.2, 0) is 4.79 Å². The van der Waals surface area contributed by atoms with Crippen LogP contribution in [0.3, 0.4) is 0 Å². The van der Waals surface area contributed by atoms with Crippen molar-refractivity contribution in [2.45, 2.75) is 37.6 Å². The highest BCUT2D eigenvalue weighted by Crippen LogP contribution is 2.22. The van der Waals surface area contributed by atoms with Crippen molar-refractivity contribution in [3.63, 3.8) is 0 Å². The molecule has 0 spiro atoms. The van der Waals surface area contributed by atoms with Crippen LogP contribution in [0.1, 0.15) is 26.7 Å². The van der Waals surface area contributed by atoms with Crippen LogP contribution in [-0.4, -0.2) is 39.9 Å². The van der Waals surface area contributed by atoms with Crippen molar-refractivity contribution >= 4 is 21.8 Å². The third-order valence-corrected chi connectivity index (χ3v) is 4.14. The van der Waals surface area contributed by atoms with Crippen molar-refractivity contribution < 1.29 is 9.90 Å². The van der Waals surface area contributed by atoms with E-state index < -0.39 is 0 Å². The first-order valence-electron chi connectivity index (χ1n) is 5.13. The molecule has 1 rings (SSSR count). The van der Waals surface area contributed by atoms with Crippen LogP contribution in [0.4, 0.5) is 0 Å². The van der Waals surface area contributed by atoms with E-state index in [0.29, 0.717) is 5.92 Å². The molecule has 1 amide bonds. The van der Waals surface area contributed by atoms with E-state index in [1.165, 1.54) is 0 Å². The molecule has 0 bridgehead atoms. The lowest BCUT2D eigenvalue weighted by atomic mass is 10.1. The van der Waals surface area contributed by atoms with Crippen molar-refractivity contribution in [2.24, 2.45) is 5.92 Å². The highest BCUT2D eigenvalue weighted by molar-refractivity contribution is 9.10. The van der Waals surface area contributed by atoms with Crippen LogP contribution in [0.5, 0.6) is 0 Å². The van der Waals surface area contributed by atoms with Gasteiger partial charge < -0.3 is 10.0 Å². The maximum atomic E-state index is 11.9. The van der Waals surface area contributed by atoms with Crippen molar-refractivity contribution in [3.05, 3.63) is 0 Å². The first-order chi connectivity index (χ1) is 6.57. The summed E-state index contributed by atoms with van der Waals surface area (Å²) in [7, 11) is 0. The molecule has 0 aliphatic carbocycles. The fourth-order valence-corrected chi connectivity index (χ4v) is 2.02. The average Bonchev–Trinajstić information content (AvgIpc) is 2.62. The smallest absolute Gasteiger partial charge is 0.236 e. The second kappa shape index (κ2) is 5.12. The summed E-state index contributed by atoms with van der Waals surface area (Å²) < 4.78 is 0. The summed E-state index contributed by atoms with van der Waals surface area (Å²) in [4.78, 5) is 13.6. The summed E-state index contributed by atoms with van der Waals surface area (Å²) in [6.45, 7) is 4.91. The normalized spacial score (nSPS) is 24.4. The highest BCUT2D eigenvalue weighted by Gasteiger charge is 2.32. The predicted molar refractivity (Wildman–Crippen MR) is 59.4 cm³/mol. The van der Waals surface area contributed by atoms with E-state index in [-0.39, 0.29) is 23.4 Å². The Morgan fingerprint density at radius 1 is 1.64 bits per heavy atom. The number of rotatable bonds is 3. The standard InChI is InChI=1S/C10H18BrNO2/c1-7(2)9(11)10(14)12-5-3-4-8(12)6-13/h7-9,13H,3-6H2,1-2H3/t8-,9?/m1/s1. The molecule has 82 valence electrons. The van der Waals surface area contributed by atoms with Gasteiger partial charge >= 0.3 is 0 Å². The topological polar surface area (TPSA) is 40.5 Å². The Morgan fingerprint density at radius 3 is 2.79 bits per heavy atom. The summed E-state index contributed by atoms with van der Waals surface area (Å²) >= 11 is 3.40. The molecular formula is C10H18BrNO2. The average molecular weight is 264 g/mol. The zero-order chi connectivity index (χ0) is 10.7. The molecule has 1 N–H and O–H groups in total. The Hall–Kier alpha value is -0.0900. The Balaban J connectivity index is 2.59. The monoisotopic (exact) mass is 263 g/mol. The van der Waals surface area contributed by atoms with Gasteiger partial charge in [-0.15, -0.1) is 0 Å². The predicted octanol–water partition coefficient (Wildman–Crippen LogP) is 1.39. The zero-order valence-electron chi connectivity index (χ0n) is 8.74. The molecule has 1 unspecified atom stereocenters. The van der Waals surface area contributed by atoms with Crippen LogP contribution in [0.2, 0.25) is 0 Å². The number of hydrogen-bond donors (Lipinski definition) is 1. The van der Waals surface area contributed by atoms with Gasteiger partial charge in [-0.1, -0.05) is 29.8 Å². The van der Waals surface area contributed by atoms with Crippen LogP contribution in [0.15, 0.2) is 0 Å². The summed E-state index contributed by atoms with van der Waals surface area (Å²) in [5, 5.41) is 9.10. The maximum absolute atomic E-state index is 11.9. The lowest BCUT2D eigenvalue weighted by molar-refractivity contribution is -0.132. The van der Waals surface area contributed by atoms with Crippen molar-refractivity contribution in [1.82, 2.24) is 4.90 Å². The van der Waals surface area contributed by atoms with Gasteiger partial charge in [0.15, 0.2) is 0 Å². The minimum Gasteiger partial charge on any atom is -0.394 e. The SMILES string of the molecule is CC(C)C(Br)C(=O)N1CCC[C@@H]1CO. The summed E-state index contributed by atoms with van der Waals surface area (Å²) in [6.07, 6.45) is 1.94. The van der Waals surface area contributed by atoms with E-state index in [1.54, 1.807) is 4.90 Å².